The summed E-state index contributed by atoms with van der Waals surface area (Å²) in [4.78, 5) is 5.66. The zero-order valence-electron chi connectivity index (χ0n) is 10.6. The number of rotatable bonds is 2. The molecule has 2 heterocycles. The highest BCUT2D eigenvalue weighted by atomic mass is 32.1. The summed E-state index contributed by atoms with van der Waals surface area (Å²) in [7, 11) is 0. The van der Waals surface area contributed by atoms with Gasteiger partial charge in [-0.05, 0) is 0 Å². The molecule has 0 aliphatic rings. The summed E-state index contributed by atoms with van der Waals surface area (Å²) in [5, 5.41) is 4.41. The molecular weight excluding hydrogens is 266 g/mol. The maximum absolute atomic E-state index is 4.74. The molecule has 0 saturated carbocycles. The fraction of sp³-hybridized carbons (Fsp3) is 0. The van der Waals surface area contributed by atoms with Crippen molar-refractivity contribution in [1.29, 1.82) is 0 Å². The molecule has 2 aromatic carbocycles. The molecule has 0 spiro atoms. The first kappa shape index (κ1) is 11.4. The Bertz CT molecular complexity index is 847. The van der Waals surface area contributed by atoms with E-state index >= 15 is 0 Å². The van der Waals surface area contributed by atoms with Gasteiger partial charge < -0.3 is 0 Å². The monoisotopic (exact) mass is 277 g/mol. The highest BCUT2D eigenvalue weighted by molar-refractivity contribution is 7.14. The molecule has 0 saturated heterocycles. The van der Waals surface area contributed by atoms with Crippen LogP contribution < -0.4 is 0 Å². The highest BCUT2D eigenvalue weighted by Gasteiger charge is 2.17. The van der Waals surface area contributed by atoms with Crippen molar-refractivity contribution in [3.8, 4) is 22.5 Å². The molecule has 4 aromatic rings. The van der Waals surface area contributed by atoms with Crippen LogP contribution in [0.2, 0.25) is 0 Å². The summed E-state index contributed by atoms with van der Waals surface area (Å²) in [6, 6.07) is 20.5. The standard InChI is InChI=1S/C16H11N3S/c1-3-7-12(8-4-1)14-15(13-9-5-2-6-10-13)19-16(18-14)20-11-17-19/h1-11H. The second kappa shape index (κ2) is 4.58. The molecule has 3 nitrogen and oxygen atoms in total. The van der Waals surface area contributed by atoms with E-state index < -0.39 is 0 Å². The lowest BCUT2D eigenvalue weighted by Crippen LogP contribution is -1.89. The molecule has 0 fully saturated rings. The van der Waals surface area contributed by atoms with Crippen LogP contribution in [0.25, 0.3) is 27.5 Å². The third-order valence-corrected chi connectivity index (χ3v) is 3.91. The van der Waals surface area contributed by atoms with Crippen LogP contribution in [0, 0.1) is 0 Å². The average Bonchev–Trinajstić information content (AvgIpc) is 3.09. The van der Waals surface area contributed by atoms with Gasteiger partial charge in [0, 0.05) is 11.1 Å². The number of hydrogen-bond acceptors (Lipinski definition) is 3. The van der Waals surface area contributed by atoms with Crippen LogP contribution in [0.4, 0.5) is 0 Å². The van der Waals surface area contributed by atoms with Crippen LogP contribution in [0.3, 0.4) is 0 Å². The molecule has 4 heteroatoms. The van der Waals surface area contributed by atoms with E-state index in [1.807, 2.05) is 46.4 Å². The van der Waals surface area contributed by atoms with Crippen molar-refractivity contribution in [2.45, 2.75) is 0 Å². The number of benzene rings is 2. The molecule has 0 aliphatic carbocycles. The van der Waals surface area contributed by atoms with Crippen LogP contribution in [0.1, 0.15) is 0 Å². The molecule has 20 heavy (non-hydrogen) atoms. The maximum Gasteiger partial charge on any atom is 0.213 e. The first-order chi connectivity index (χ1) is 9.93. The van der Waals surface area contributed by atoms with E-state index in [0.717, 1.165) is 27.5 Å². The van der Waals surface area contributed by atoms with Crippen molar-refractivity contribution in [3.63, 3.8) is 0 Å². The van der Waals surface area contributed by atoms with Gasteiger partial charge in [-0.2, -0.15) is 5.10 Å². The lowest BCUT2D eigenvalue weighted by atomic mass is 10.1. The molecule has 0 radical (unpaired) electrons. The Kier molecular flexibility index (Phi) is 2.60. The highest BCUT2D eigenvalue weighted by Crippen LogP contribution is 2.32. The van der Waals surface area contributed by atoms with Crippen molar-refractivity contribution in [2.24, 2.45) is 0 Å². The Balaban J connectivity index is 2.05. The minimum Gasteiger partial charge on any atom is -0.217 e. The van der Waals surface area contributed by atoms with Gasteiger partial charge in [0.1, 0.15) is 16.9 Å². The Morgan fingerprint density at radius 1 is 0.800 bits per heavy atom. The summed E-state index contributed by atoms with van der Waals surface area (Å²) in [6.07, 6.45) is 0. The predicted molar refractivity (Wildman–Crippen MR) is 81.7 cm³/mol. The Hall–Kier alpha value is -2.46. The number of fused-ring (bicyclic) bond motifs is 1. The van der Waals surface area contributed by atoms with Gasteiger partial charge in [-0.3, -0.25) is 0 Å². The van der Waals surface area contributed by atoms with Gasteiger partial charge in [0.15, 0.2) is 0 Å². The first-order valence-corrected chi connectivity index (χ1v) is 7.24. The van der Waals surface area contributed by atoms with E-state index in [0.29, 0.717) is 0 Å². The van der Waals surface area contributed by atoms with Gasteiger partial charge in [-0.15, -0.1) is 0 Å². The van der Waals surface area contributed by atoms with Crippen LogP contribution in [-0.4, -0.2) is 14.6 Å². The largest absolute Gasteiger partial charge is 0.217 e. The van der Waals surface area contributed by atoms with Crippen LogP contribution in [0.15, 0.2) is 66.2 Å². The van der Waals surface area contributed by atoms with Crippen molar-refractivity contribution in [2.75, 3.05) is 0 Å². The fourth-order valence-electron chi connectivity index (χ4n) is 2.35. The van der Waals surface area contributed by atoms with E-state index in [2.05, 4.69) is 29.4 Å². The second-order valence-corrected chi connectivity index (χ2v) is 5.29. The summed E-state index contributed by atoms with van der Waals surface area (Å²) >= 11 is 1.55. The Morgan fingerprint density at radius 3 is 2.15 bits per heavy atom. The molecule has 96 valence electrons. The van der Waals surface area contributed by atoms with E-state index in [-0.39, 0.29) is 0 Å². The van der Waals surface area contributed by atoms with E-state index in [1.54, 1.807) is 11.3 Å². The molecule has 0 bridgehead atoms. The van der Waals surface area contributed by atoms with E-state index in [1.165, 1.54) is 0 Å². The minimum atomic E-state index is 0.919. The van der Waals surface area contributed by atoms with Crippen LogP contribution in [-0.2, 0) is 0 Å². The van der Waals surface area contributed by atoms with Gasteiger partial charge in [-0.1, -0.05) is 72.0 Å². The molecule has 0 aliphatic heterocycles. The minimum absolute atomic E-state index is 0.919. The lowest BCUT2D eigenvalue weighted by molar-refractivity contribution is 0.981. The summed E-state index contributed by atoms with van der Waals surface area (Å²) in [5.74, 6) is 0. The summed E-state index contributed by atoms with van der Waals surface area (Å²) in [5.41, 5.74) is 6.10. The topological polar surface area (TPSA) is 30.2 Å². The number of aromatic nitrogens is 3. The molecule has 0 N–H and O–H groups in total. The quantitative estimate of drug-likeness (QED) is 0.551. The molecule has 0 amide bonds. The molecule has 0 unspecified atom stereocenters. The predicted octanol–water partition coefficient (Wildman–Crippen LogP) is 4.12. The third kappa shape index (κ3) is 1.73. The van der Waals surface area contributed by atoms with Gasteiger partial charge in [0.25, 0.3) is 0 Å². The van der Waals surface area contributed by atoms with Gasteiger partial charge in [0.2, 0.25) is 4.96 Å². The molecule has 2 aromatic heterocycles. The van der Waals surface area contributed by atoms with Crippen molar-refractivity contribution < 1.29 is 0 Å². The average molecular weight is 277 g/mol. The maximum atomic E-state index is 4.74. The SMILES string of the molecule is c1ccc(-c2nc3scnn3c2-c2ccccc2)cc1. The molecule has 0 atom stereocenters. The lowest BCUT2D eigenvalue weighted by Gasteiger charge is -2.03. The second-order valence-electron chi connectivity index (χ2n) is 4.47. The Labute approximate surface area is 120 Å². The van der Waals surface area contributed by atoms with Gasteiger partial charge >= 0.3 is 0 Å². The normalized spacial score (nSPS) is 11.0. The number of hydrogen-bond donors (Lipinski definition) is 0. The molecule has 4 rings (SSSR count). The van der Waals surface area contributed by atoms with Gasteiger partial charge in [0.05, 0.1) is 0 Å². The van der Waals surface area contributed by atoms with Crippen molar-refractivity contribution in [1.82, 2.24) is 14.6 Å². The Morgan fingerprint density at radius 2 is 1.45 bits per heavy atom. The zero-order chi connectivity index (χ0) is 13.4. The molecular formula is C16H11N3S. The fourth-order valence-corrected chi connectivity index (χ4v) is 2.96. The smallest absolute Gasteiger partial charge is 0.213 e. The third-order valence-electron chi connectivity index (χ3n) is 3.24. The first-order valence-electron chi connectivity index (χ1n) is 6.36. The summed E-state index contributed by atoms with van der Waals surface area (Å²) < 4.78 is 1.92. The van der Waals surface area contributed by atoms with Crippen molar-refractivity contribution in [3.05, 3.63) is 66.2 Å². The number of imidazole rings is 1. The zero-order valence-corrected chi connectivity index (χ0v) is 11.4. The van der Waals surface area contributed by atoms with E-state index in [4.69, 9.17) is 4.98 Å². The van der Waals surface area contributed by atoms with Crippen molar-refractivity contribution >= 4 is 16.3 Å². The van der Waals surface area contributed by atoms with E-state index in [9.17, 15) is 0 Å². The van der Waals surface area contributed by atoms with Crippen LogP contribution >= 0.6 is 11.3 Å². The summed E-state index contributed by atoms with van der Waals surface area (Å²) in [6.45, 7) is 0. The van der Waals surface area contributed by atoms with Gasteiger partial charge in [-0.25, -0.2) is 9.50 Å². The number of nitrogens with zero attached hydrogens (tertiary/aromatic N) is 3. The van der Waals surface area contributed by atoms with Crippen LogP contribution in [0.5, 0.6) is 0 Å².